The molecule has 3 aromatic rings. The maximum atomic E-state index is 12.5. The van der Waals surface area contributed by atoms with Gasteiger partial charge >= 0.3 is 5.97 Å². The predicted molar refractivity (Wildman–Crippen MR) is 108 cm³/mol. The van der Waals surface area contributed by atoms with E-state index in [9.17, 15) is 19.7 Å². The maximum absolute atomic E-state index is 12.5. The molecule has 0 fully saturated rings. The van der Waals surface area contributed by atoms with Crippen molar-refractivity contribution in [3.8, 4) is 0 Å². The van der Waals surface area contributed by atoms with Gasteiger partial charge in [-0.15, -0.1) is 0 Å². The van der Waals surface area contributed by atoms with Gasteiger partial charge in [0.2, 0.25) is 5.76 Å². The number of hydrogen-bond acceptors (Lipinski definition) is 7. The standard InChI is InChI=1S/C21H20N2O7/c1-3-28-11-16-15-6-4-5-7-18(15)30-20(16)21(25)29-12-19(24)22-17-9-8-14(23(26)27)10-13(17)2/h4-10H,3,11-12H2,1-2H3,(H,22,24). The van der Waals surface area contributed by atoms with Crippen molar-refractivity contribution in [2.75, 3.05) is 18.5 Å². The summed E-state index contributed by atoms with van der Waals surface area (Å²) in [6, 6.07) is 11.2. The number of ether oxygens (including phenoxy) is 2. The quantitative estimate of drug-likeness (QED) is 0.337. The van der Waals surface area contributed by atoms with Crippen LogP contribution in [0.1, 0.15) is 28.6 Å². The molecule has 3 rings (SSSR count). The number of hydrogen-bond donors (Lipinski definition) is 1. The molecule has 0 aliphatic rings. The SMILES string of the molecule is CCOCc1c(C(=O)OCC(=O)Nc2ccc([N+](=O)[O-])cc2C)oc2ccccc12. The van der Waals surface area contributed by atoms with Crippen LogP contribution < -0.4 is 5.32 Å². The number of nitro groups is 1. The average Bonchev–Trinajstić information content (AvgIpc) is 3.10. The van der Waals surface area contributed by atoms with Crippen molar-refractivity contribution >= 4 is 34.2 Å². The Labute approximate surface area is 171 Å². The summed E-state index contributed by atoms with van der Waals surface area (Å²) < 4.78 is 16.1. The van der Waals surface area contributed by atoms with Crippen molar-refractivity contribution in [3.63, 3.8) is 0 Å². The average molecular weight is 412 g/mol. The first-order chi connectivity index (χ1) is 14.4. The number of fused-ring (bicyclic) bond motifs is 1. The molecule has 9 heteroatoms. The fourth-order valence-corrected chi connectivity index (χ4v) is 2.90. The number of rotatable bonds is 8. The largest absolute Gasteiger partial charge is 0.450 e. The molecule has 0 radical (unpaired) electrons. The molecule has 2 aromatic carbocycles. The van der Waals surface area contributed by atoms with Crippen LogP contribution in [0.3, 0.4) is 0 Å². The molecule has 1 heterocycles. The Morgan fingerprint density at radius 2 is 1.97 bits per heavy atom. The molecule has 0 unspecified atom stereocenters. The van der Waals surface area contributed by atoms with E-state index >= 15 is 0 Å². The van der Waals surface area contributed by atoms with Crippen molar-refractivity contribution in [1.82, 2.24) is 0 Å². The Bertz CT molecular complexity index is 1100. The molecule has 0 spiro atoms. The second kappa shape index (κ2) is 9.19. The third kappa shape index (κ3) is 4.64. The molecule has 0 atom stereocenters. The fraction of sp³-hybridized carbons (Fsp3) is 0.238. The number of esters is 1. The monoisotopic (exact) mass is 412 g/mol. The molecule has 0 saturated carbocycles. The highest BCUT2D eigenvalue weighted by Crippen LogP contribution is 2.27. The lowest BCUT2D eigenvalue weighted by atomic mass is 10.1. The summed E-state index contributed by atoms with van der Waals surface area (Å²) in [6.45, 7) is 3.56. The number of anilines is 1. The van der Waals surface area contributed by atoms with Gasteiger partial charge in [-0.3, -0.25) is 14.9 Å². The van der Waals surface area contributed by atoms with Crippen LogP contribution in [0.25, 0.3) is 11.0 Å². The highest BCUT2D eigenvalue weighted by molar-refractivity contribution is 5.98. The number of non-ortho nitro benzene ring substituents is 1. The Balaban J connectivity index is 1.68. The first kappa shape index (κ1) is 21.0. The lowest BCUT2D eigenvalue weighted by Crippen LogP contribution is -2.21. The minimum absolute atomic E-state index is 0.0102. The normalized spacial score (nSPS) is 10.7. The molecular weight excluding hydrogens is 392 g/mol. The number of carbonyl (C=O) groups excluding carboxylic acids is 2. The summed E-state index contributed by atoms with van der Waals surface area (Å²) in [4.78, 5) is 35.0. The van der Waals surface area contributed by atoms with E-state index in [2.05, 4.69) is 5.32 Å². The second-order valence-corrected chi connectivity index (χ2v) is 6.42. The van der Waals surface area contributed by atoms with Gasteiger partial charge in [0.15, 0.2) is 6.61 Å². The number of amides is 1. The molecule has 1 amide bonds. The minimum atomic E-state index is -0.781. The number of carbonyl (C=O) groups is 2. The zero-order valence-corrected chi connectivity index (χ0v) is 16.5. The van der Waals surface area contributed by atoms with Crippen molar-refractivity contribution in [2.45, 2.75) is 20.5 Å². The molecule has 0 bridgehead atoms. The number of para-hydroxylation sites is 1. The van der Waals surface area contributed by atoms with E-state index < -0.39 is 23.4 Å². The number of aryl methyl sites for hydroxylation is 1. The minimum Gasteiger partial charge on any atom is -0.450 e. The molecule has 0 saturated heterocycles. The smallest absolute Gasteiger partial charge is 0.375 e. The number of nitrogens with zero attached hydrogens (tertiary/aromatic N) is 1. The molecule has 0 aliphatic heterocycles. The third-order valence-electron chi connectivity index (χ3n) is 4.36. The maximum Gasteiger partial charge on any atom is 0.375 e. The van der Waals surface area contributed by atoms with Gasteiger partial charge in [-0.1, -0.05) is 18.2 Å². The molecule has 1 aromatic heterocycles. The highest BCUT2D eigenvalue weighted by atomic mass is 16.6. The lowest BCUT2D eigenvalue weighted by molar-refractivity contribution is -0.384. The number of furan rings is 1. The molecule has 9 nitrogen and oxygen atoms in total. The van der Waals surface area contributed by atoms with Gasteiger partial charge in [-0.25, -0.2) is 4.79 Å². The van der Waals surface area contributed by atoms with E-state index in [1.54, 1.807) is 19.1 Å². The summed E-state index contributed by atoms with van der Waals surface area (Å²) in [5, 5.41) is 14.1. The highest BCUT2D eigenvalue weighted by Gasteiger charge is 2.23. The number of benzene rings is 2. The van der Waals surface area contributed by atoms with Gasteiger partial charge in [0.1, 0.15) is 5.58 Å². The topological polar surface area (TPSA) is 121 Å². The van der Waals surface area contributed by atoms with Crippen LogP contribution >= 0.6 is 0 Å². The van der Waals surface area contributed by atoms with Gasteiger partial charge in [0.05, 0.1) is 11.5 Å². The summed E-state index contributed by atoms with van der Waals surface area (Å²) in [5.41, 5.74) is 1.90. The van der Waals surface area contributed by atoms with Crippen LogP contribution in [-0.4, -0.2) is 30.0 Å². The fourth-order valence-electron chi connectivity index (χ4n) is 2.90. The van der Waals surface area contributed by atoms with E-state index in [0.717, 1.165) is 5.39 Å². The predicted octanol–water partition coefficient (Wildman–Crippen LogP) is 3.98. The molecule has 0 aliphatic carbocycles. The molecule has 1 N–H and O–H groups in total. The van der Waals surface area contributed by atoms with Crippen LogP contribution in [-0.2, 0) is 20.9 Å². The molecular formula is C21H20N2O7. The van der Waals surface area contributed by atoms with Crippen molar-refractivity contribution in [3.05, 3.63) is 69.5 Å². The summed E-state index contributed by atoms with van der Waals surface area (Å²) in [7, 11) is 0. The summed E-state index contributed by atoms with van der Waals surface area (Å²) in [5.74, 6) is -1.37. The summed E-state index contributed by atoms with van der Waals surface area (Å²) >= 11 is 0. The van der Waals surface area contributed by atoms with Crippen LogP contribution in [0, 0.1) is 17.0 Å². The Hall–Kier alpha value is -3.72. The molecule has 156 valence electrons. The van der Waals surface area contributed by atoms with Gasteiger partial charge in [0, 0.05) is 35.4 Å². The Kier molecular flexibility index (Phi) is 6.43. The number of nitrogens with one attached hydrogen (secondary N) is 1. The van der Waals surface area contributed by atoms with Crippen molar-refractivity contribution < 1.29 is 28.4 Å². The Morgan fingerprint density at radius 1 is 1.20 bits per heavy atom. The lowest BCUT2D eigenvalue weighted by Gasteiger charge is -2.09. The third-order valence-corrected chi connectivity index (χ3v) is 4.36. The van der Waals surface area contributed by atoms with E-state index in [4.69, 9.17) is 13.9 Å². The van der Waals surface area contributed by atoms with E-state index in [-0.39, 0.29) is 18.1 Å². The number of nitro benzene ring substituents is 1. The zero-order valence-electron chi connectivity index (χ0n) is 16.5. The van der Waals surface area contributed by atoms with Crippen LogP contribution in [0.5, 0.6) is 0 Å². The van der Waals surface area contributed by atoms with Crippen molar-refractivity contribution in [1.29, 1.82) is 0 Å². The van der Waals surface area contributed by atoms with E-state index in [1.807, 2.05) is 19.1 Å². The first-order valence-electron chi connectivity index (χ1n) is 9.20. The van der Waals surface area contributed by atoms with Crippen LogP contribution in [0.4, 0.5) is 11.4 Å². The first-order valence-corrected chi connectivity index (χ1v) is 9.20. The summed E-state index contributed by atoms with van der Waals surface area (Å²) in [6.07, 6.45) is 0. The Morgan fingerprint density at radius 3 is 2.67 bits per heavy atom. The van der Waals surface area contributed by atoms with Gasteiger partial charge in [-0.2, -0.15) is 0 Å². The van der Waals surface area contributed by atoms with E-state index in [0.29, 0.717) is 29.0 Å². The van der Waals surface area contributed by atoms with Crippen molar-refractivity contribution in [2.24, 2.45) is 0 Å². The van der Waals surface area contributed by atoms with Crippen LogP contribution in [0.2, 0.25) is 0 Å². The molecule has 30 heavy (non-hydrogen) atoms. The van der Waals surface area contributed by atoms with Crippen LogP contribution in [0.15, 0.2) is 46.9 Å². The second-order valence-electron chi connectivity index (χ2n) is 6.42. The van der Waals surface area contributed by atoms with Gasteiger partial charge < -0.3 is 19.2 Å². The van der Waals surface area contributed by atoms with E-state index in [1.165, 1.54) is 18.2 Å². The zero-order chi connectivity index (χ0) is 21.7. The van der Waals surface area contributed by atoms with Gasteiger partial charge in [-0.05, 0) is 31.5 Å². The van der Waals surface area contributed by atoms with Gasteiger partial charge in [0.25, 0.3) is 11.6 Å².